The molecule has 3 aromatic rings. The van der Waals surface area contributed by atoms with Crippen LogP contribution in [0.4, 0.5) is 0 Å². The molecule has 0 aliphatic rings. The summed E-state index contributed by atoms with van der Waals surface area (Å²) in [6.07, 6.45) is 2.95. The van der Waals surface area contributed by atoms with Crippen molar-refractivity contribution >= 4 is 28.6 Å². The van der Waals surface area contributed by atoms with Gasteiger partial charge >= 0.3 is 5.97 Å². The third kappa shape index (κ3) is 3.32. The molecule has 7 heteroatoms. The van der Waals surface area contributed by atoms with Crippen molar-refractivity contribution in [2.45, 2.75) is 13.5 Å². The number of aryl methyl sites for hydroxylation is 1. The Bertz CT molecular complexity index is 736. The summed E-state index contributed by atoms with van der Waals surface area (Å²) in [4.78, 5) is 25.4. The van der Waals surface area contributed by atoms with E-state index in [1.165, 1.54) is 23.7 Å². The molecule has 3 heterocycles. The summed E-state index contributed by atoms with van der Waals surface area (Å²) in [6, 6.07) is 4.00. The van der Waals surface area contributed by atoms with Crippen molar-refractivity contribution in [3.63, 3.8) is 0 Å². The normalized spacial score (nSPS) is 10.5. The van der Waals surface area contributed by atoms with Crippen molar-refractivity contribution in [1.82, 2.24) is 15.0 Å². The van der Waals surface area contributed by atoms with Crippen LogP contribution in [-0.2, 0) is 11.3 Å². The molecule has 0 amide bonds. The maximum absolute atomic E-state index is 11.8. The van der Waals surface area contributed by atoms with Crippen LogP contribution >= 0.6 is 22.7 Å². The number of carbonyl (C=O) groups excluding carboxylic acids is 1. The van der Waals surface area contributed by atoms with Crippen LogP contribution in [-0.4, -0.2) is 20.9 Å². The molecular formula is C14H11N3O2S2. The van der Waals surface area contributed by atoms with Crippen LogP contribution in [0.2, 0.25) is 0 Å². The maximum Gasteiger partial charge on any atom is 0.358 e. The van der Waals surface area contributed by atoms with Crippen molar-refractivity contribution in [3.05, 3.63) is 52.4 Å². The molecule has 0 aliphatic carbocycles. The molecule has 3 rings (SSSR count). The van der Waals surface area contributed by atoms with E-state index in [1.54, 1.807) is 11.3 Å². The molecule has 21 heavy (non-hydrogen) atoms. The van der Waals surface area contributed by atoms with Crippen LogP contribution in [0.5, 0.6) is 0 Å². The molecule has 0 radical (unpaired) electrons. The Balaban J connectivity index is 1.62. The Morgan fingerprint density at radius 2 is 2.19 bits per heavy atom. The maximum atomic E-state index is 11.8. The molecule has 0 bridgehead atoms. The minimum Gasteiger partial charge on any atom is -0.454 e. The number of aromatic nitrogens is 3. The van der Waals surface area contributed by atoms with E-state index in [9.17, 15) is 4.79 Å². The molecule has 0 saturated carbocycles. The van der Waals surface area contributed by atoms with Gasteiger partial charge in [-0.25, -0.2) is 14.8 Å². The van der Waals surface area contributed by atoms with Crippen molar-refractivity contribution in [2.24, 2.45) is 0 Å². The van der Waals surface area contributed by atoms with E-state index < -0.39 is 5.97 Å². The second-order valence-electron chi connectivity index (χ2n) is 4.24. The summed E-state index contributed by atoms with van der Waals surface area (Å²) in [5.74, 6) is -0.492. The Morgan fingerprint density at radius 3 is 2.90 bits per heavy atom. The Hall–Kier alpha value is -2.12. The monoisotopic (exact) mass is 317 g/mol. The van der Waals surface area contributed by atoms with Gasteiger partial charge in [0.2, 0.25) is 0 Å². The number of nitrogens with zero attached hydrogens (tertiary/aromatic N) is 3. The van der Waals surface area contributed by atoms with E-state index in [-0.39, 0.29) is 12.3 Å². The molecule has 0 aromatic carbocycles. The van der Waals surface area contributed by atoms with E-state index in [1.807, 2.05) is 29.8 Å². The summed E-state index contributed by atoms with van der Waals surface area (Å²) in [5, 5.41) is 4.83. The highest BCUT2D eigenvalue weighted by atomic mass is 32.1. The van der Waals surface area contributed by atoms with E-state index in [0.29, 0.717) is 0 Å². The van der Waals surface area contributed by atoms with Gasteiger partial charge in [0.1, 0.15) is 11.6 Å². The Labute approximate surface area is 129 Å². The number of ether oxygens (including phenoxy) is 1. The lowest BCUT2D eigenvalue weighted by Gasteiger charge is -2.01. The second kappa shape index (κ2) is 6.11. The smallest absolute Gasteiger partial charge is 0.358 e. The minimum absolute atomic E-state index is 0.135. The predicted molar refractivity (Wildman–Crippen MR) is 81.3 cm³/mol. The van der Waals surface area contributed by atoms with Gasteiger partial charge in [-0.15, -0.1) is 22.7 Å². The first-order valence-corrected chi connectivity index (χ1v) is 7.92. The SMILES string of the molecule is Cc1cnc(C(=O)OCc2csc(-c3cccs3)n2)cn1. The average molecular weight is 317 g/mol. The number of rotatable bonds is 4. The fourth-order valence-corrected chi connectivity index (χ4v) is 3.22. The van der Waals surface area contributed by atoms with Gasteiger partial charge in [0, 0.05) is 11.6 Å². The molecule has 0 aliphatic heterocycles. The van der Waals surface area contributed by atoms with Crippen molar-refractivity contribution in [1.29, 1.82) is 0 Å². The van der Waals surface area contributed by atoms with Crippen LogP contribution in [0.3, 0.4) is 0 Å². The topological polar surface area (TPSA) is 65.0 Å². The Kier molecular flexibility index (Phi) is 4.03. The number of esters is 1. The zero-order valence-corrected chi connectivity index (χ0v) is 12.8. The van der Waals surface area contributed by atoms with Gasteiger partial charge in [-0.3, -0.25) is 4.98 Å². The lowest BCUT2D eigenvalue weighted by atomic mass is 10.4. The number of thiazole rings is 1. The lowest BCUT2D eigenvalue weighted by molar-refractivity contribution is 0.0461. The number of hydrogen-bond acceptors (Lipinski definition) is 7. The van der Waals surface area contributed by atoms with Gasteiger partial charge in [-0.1, -0.05) is 6.07 Å². The van der Waals surface area contributed by atoms with Gasteiger partial charge in [0.05, 0.1) is 22.5 Å². The molecule has 0 atom stereocenters. The number of thiophene rings is 1. The van der Waals surface area contributed by atoms with E-state index in [0.717, 1.165) is 21.3 Å². The fraction of sp³-hybridized carbons (Fsp3) is 0.143. The molecule has 106 valence electrons. The third-order valence-electron chi connectivity index (χ3n) is 2.62. The summed E-state index contributed by atoms with van der Waals surface area (Å²) in [7, 11) is 0. The molecule has 0 N–H and O–H groups in total. The van der Waals surface area contributed by atoms with Crippen LogP contribution in [0, 0.1) is 6.92 Å². The first-order chi connectivity index (χ1) is 10.2. The predicted octanol–water partition coefficient (Wildman–Crippen LogP) is 3.33. The Morgan fingerprint density at radius 1 is 1.29 bits per heavy atom. The largest absolute Gasteiger partial charge is 0.454 e. The van der Waals surface area contributed by atoms with E-state index in [2.05, 4.69) is 15.0 Å². The van der Waals surface area contributed by atoms with Crippen molar-refractivity contribution in [3.8, 4) is 9.88 Å². The van der Waals surface area contributed by atoms with E-state index >= 15 is 0 Å². The average Bonchev–Trinajstić information content (AvgIpc) is 3.16. The van der Waals surface area contributed by atoms with Gasteiger partial charge in [-0.05, 0) is 18.4 Å². The molecule has 3 aromatic heterocycles. The summed E-state index contributed by atoms with van der Waals surface area (Å²) in [6.45, 7) is 1.94. The highest BCUT2D eigenvalue weighted by Gasteiger charge is 2.11. The van der Waals surface area contributed by atoms with Crippen LogP contribution in [0.15, 0.2) is 35.3 Å². The molecule has 0 saturated heterocycles. The highest BCUT2D eigenvalue weighted by Crippen LogP contribution is 2.27. The van der Waals surface area contributed by atoms with Crippen LogP contribution < -0.4 is 0 Å². The van der Waals surface area contributed by atoms with Crippen molar-refractivity contribution < 1.29 is 9.53 Å². The third-order valence-corrected chi connectivity index (χ3v) is 4.56. The van der Waals surface area contributed by atoms with Gasteiger partial charge in [0.15, 0.2) is 5.69 Å². The summed E-state index contributed by atoms with van der Waals surface area (Å²) >= 11 is 3.17. The van der Waals surface area contributed by atoms with E-state index in [4.69, 9.17) is 4.74 Å². The number of carbonyl (C=O) groups is 1. The van der Waals surface area contributed by atoms with Crippen LogP contribution in [0.1, 0.15) is 21.9 Å². The summed E-state index contributed by atoms with van der Waals surface area (Å²) in [5.41, 5.74) is 1.69. The standard InChI is InChI=1S/C14H11N3O2S2/c1-9-5-16-11(6-15-9)14(18)19-7-10-8-21-13(17-10)12-3-2-4-20-12/h2-6,8H,7H2,1H3. The van der Waals surface area contributed by atoms with Crippen molar-refractivity contribution in [2.75, 3.05) is 0 Å². The lowest BCUT2D eigenvalue weighted by Crippen LogP contribution is -2.08. The van der Waals surface area contributed by atoms with Gasteiger partial charge < -0.3 is 4.74 Å². The molecule has 0 fully saturated rings. The minimum atomic E-state index is -0.492. The van der Waals surface area contributed by atoms with Gasteiger partial charge in [-0.2, -0.15) is 0 Å². The van der Waals surface area contributed by atoms with Crippen LogP contribution in [0.25, 0.3) is 9.88 Å². The van der Waals surface area contributed by atoms with Gasteiger partial charge in [0.25, 0.3) is 0 Å². The first kappa shape index (κ1) is 13.8. The molecular weight excluding hydrogens is 306 g/mol. The fourth-order valence-electron chi connectivity index (χ4n) is 1.60. The quantitative estimate of drug-likeness (QED) is 0.691. The summed E-state index contributed by atoms with van der Waals surface area (Å²) < 4.78 is 5.19. The highest BCUT2D eigenvalue weighted by molar-refractivity contribution is 7.20. The molecule has 0 unspecified atom stereocenters. The molecule has 0 spiro atoms. The first-order valence-electron chi connectivity index (χ1n) is 6.16. The second-order valence-corrected chi connectivity index (χ2v) is 6.05. The zero-order chi connectivity index (χ0) is 14.7. The number of hydrogen-bond donors (Lipinski definition) is 0. The zero-order valence-electron chi connectivity index (χ0n) is 11.1. The molecule has 5 nitrogen and oxygen atoms in total.